The summed E-state index contributed by atoms with van der Waals surface area (Å²) < 4.78 is 6.32. The molecule has 0 bridgehead atoms. The van der Waals surface area contributed by atoms with Gasteiger partial charge in [-0.2, -0.15) is 0 Å². The van der Waals surface area contributed by atoms with E-state index in [1.165, 1.54) is 10.5 Å². The van der Waals surface area contributed by atoms with Gasteiger partial charge in [-0.1, -0.05) is 39.7 Å². The van der Waals surface area contributed by atoms with Gasteiger partial charge in [-0.15, -0.1) is 0 Å². The van der Waals surface area contributed by atoms with Crippen molar-refractivity contribution in [2.75, 3.05) is 24.6 Å². The van der Waals surface area contributed by atoms with Crippen LogP contribution in [0.3, 0.4) is 0 Å². The summed E-state index contributed by atoms with van der Waals surface area (Å²) in [6.07, 6.45) is 2.06. The Labute approximate surface area is 170 Å². The highest BCUT2D eigenvalue weighted by atomic mass is 79.9. The average Bonchev–Trinajstić information content (AvgIpc) is 3.44. The van der Waals surface area contributed by atoms with Crippen LogP contribution in [0.4, 0.5) is 5.69 Å². The van der Waals surface area contributed by atoms with Gasteiger partial charge < -0.3 is 10.1 Å². The van der Waals surface area contributed by atoms with Crippen molar-refractivity contribution in [2.24, 2.45) is 0 Å². The number of benzene rings is 2. The van der Waals surface area contributed by atoms with Crippen molar-refractivity contribution in [2.45, 2.75) is 18.3 Å². The molecular weight excluding hydrogens is 432 g/mol. The number of nitrogens with one attached hydrogen (secondary N) is 1. The molecule has 1 saturated carbocycles. The van der Waals surface area contributed by atoms with E-state index in [0.717, 1.165) is 17.3 Å². The van der Waals surface area contributed by atoms with Gasteiger partial charge in [0.1, 0.15) is 12.3 Å². The van der Waals surface area contributed by atoms with E-state index in [1.54, 1.807) is 12.1 Å². The number of nitrogens with zero attached hydrogens (tertiary/aromatic N) is 1. The molecule has 1 aliphatic carbocycles. The summed E-state index contributed by atoms with van der Waals surface area (Å²) in [6, 6.07) is 13.2. The third kappa shape index (κ3) is 3.82. The number of rotatable bonds is 5. The summed E-state index contributed by atoms with van der Waals surface area (Å²) in [7, 11) is 0. The Morgan fingerprint density at radius 3 is 2.67 bits per heavy atom. The molecule has 0 spiro atoms. The average molecular weight is 450 g/mol. The maximum Gasteiger partial charge on any atom is 0.265 e. The predicted molar refractivity (Wildman–Crippen MR) is 107 cm³/mol. The Bertz CT molecular complexity index is 897. The molecule has 1 N–H and O–H groups in total. The van der Waals surface area contributed by atoms with Gasteiger partial charge in [0.05, 0.1) is 5.69 Å². The highest BCUT2D eigenvalue weighted by Gasteiger charge is 2.44. The number of ether oxygens (including phenoxy) is 1. The van der Waals surface area contributed by atoms with Crippen molar-refractivity contribution in [3.8, 4) is 5.75 Å². The summed E-state index contributed by atoms with van der Waals surface area (Å²) >= 11 is 9.35. The van der Waals surface area contributed by atoms with Gasteiger partial charge in [-0.25, -0.2) is 0 Å². The van der Waals surface area contributed by atoms with E-state index in [9.17, 15) is 9.59 Å². The van der Waals surface area contributed by atoms with Crippen molar-refractivity contribution < 1.29 is 14.3 Å². The standard InChI is InChI=1S/C20H18BrClN2O3/c21-14-3-6-16-17(9-14)27-11-19(26)24(16)10-18(25)23-12-20(7-8-20)13-1-4-15(22)5-2-13/h1-6,9H,7-8,10-12H2,(H,23,25). The number of carbonyl (C=O) groups excluding carboxylic acids is 2. The van der Waals surface area contributed by atoms with Crippen LogP contribution in [0.15, 0.2) is 46.9 Å². The first kappa shape index (κ1) is 18.3. The Hall–Kier alpha value is -2.05. The maximum absolute atomic E-state index is 12.5. The van der Waals surface area contributed by atoms with Gasteiger partial charge in [0.2, 0.25) is 5.91 Å². The molecule has 0 unspecified atom stereocenters. The molecule has 0 aromatic heterocycles. The SMILES string of the molecule is O=C(CN1C(=O)COc2cc(Br)ccc21)NCC1(c2ccc(Cl)cc2)CC1. The van der Waals surface area contributed by atoms with E-state index in [0.29, 0.717) is 23.0 Å². The molecule has 27 heavy (non-hydrogen) atoms. The molecular formula is C20H18BrClN2O3. The predicted octanol–water partition coefficient (Wildman–Crippen LogP) is 3.68. The zero-order valence-corrected chi connectivity index (χ0v) is 16.8. The molecule has 2 aromatic rings. The maximum atomic E-state index is 12.5. The van der Waals surface area contributed by atoms with Crippen LogP contribution in [0.1, 0.15) is 18.4 Å². The Balaban J connectivity index is 1.41. The highest BCUT2D eigenvalue weighted by molar-refractivity contribution is 9.10. The molecule has 0 radical (unpaired) electrons. The number of carbonyl (C=O) groups is 2. The van der Waals surface area contributed by atoms with Crippen LogP contribution in [0.5, 0.6) is 5.75 Å². The summed E-state index contributed by atoms with van der Waals surface area (Å²) in [5, 5.41) is 3.70. The van der Waals surface area contributed by atoms with Crippen LogP contribution < -0.4 is 15.0 Å². The van der Waals surface area contributed by atoms with Crippen LogP contribution in [-0.2, 0) is 15.0 Å². The van der Waals surface area contributed by atoms with Crippen molar-refractivity contribution in [1.29, 1.82) is 0 Å². The Morgan fingerprint density at radius 2 is 1.96 bits per heavy atom. The largest absolute Gasteiger partial charge is 0.482 e. The van der Waals surface area contributed by atoms with Gasteiger partial charge in [0.15, 0.2) is 6.61 Å². The highest BCUT2D eigenvalue weighted by Crippen LogP contribution is 2.47. The summed E-state index contributed by atoms with van der Waals surface area (Å²) in [5.74, 6) is 0.190. The third-order valence-electron chi connectivity index (χ3n) is 5.10. The van der Waals surface area contributed by atoms with Crippen molar-refractivity contribution in [1.82, 2.24) is 5.32 Å². The smallest absolute Gasteiger partial charge is 0.265 e. The number of anilines is 1. The molecule has 2 amide bonds. The van der Waals surface area contributed by atoms with Crippen molar-refractivity contribution >= 4 is 45.0 Å². The van der Waals surface area contributed by atoms with Gasteiger partial charge in [-0.3, -0.25) is 14.5 Å². The first-order valence-electron chi connectivity index (χ1n) is 8.72. The molecule has 2 aromatic carbocycles. The molecule has 5 nitrogen and oxygen atoms in total. The molecule has 0 atom stereocenters. The van der Waals surface area contributed by atoms with Gasteiger partial charge in [0.25, 0.3) is 5.91 Å². The molecule has 0 saturated heterocycles. The Morgan fingerprint density at radius 1 is 1.22 bits per heavy atom. The fourth-order valence-electron chi connectivity index (χ4n) is 3.34. The van der Waals surface area contributed by atoms with Gasteiger partial charge >= 0.3 is 0 Å². The van der Waals surface area contributed by atoms with E-state index in [2.05, 4.69) is 21.2 Å². The lowest BCUT2D eigenvalue weighted by Gasteiger charge is -2.29. The minimum Gasteiger partial charge on any atom is -0.482 e. The van der Waals surface area contributed by atoms with Crippen LogP contribution in [0.2, 0.25) is 5.02 Å². The minimum atomic E-state index is -0.223. The number of amides is 2. The quantitative estimate of drug-likeness (QED) is 0.758. The molecule has 7 heteroatoms. The lowest BCUT2D eigenvalue weighted by atomic mass is 9.96. The van der Waals surface area contributed by atoms with E-state index >= 15 is 0 Å². The fourth-order valence-corrected chi connectivity index (χ4v) is 3.81. The first-order chi connectivity index (χ1) is 13.0. The summed E-state index contributed by atoms with van der Waals surface area (Å²) in [4.78, 5) is 26.2. The summed E-state index contributed by atoms with van der Waals surface area (Å²) in [5.41, 5.74) is 1.78. The molecule has 1 fully saturated rings. The minimum absolute atomic E-state index is 0.0158. The molecule has 140 valence electrons. The van der Waals surface area contributed by atoms with E-state index in [-0.39, 0.29) is 30.4 Å². The number of hydrogen-bond donors (Lipinski definition) is 1. The van der Waals surface area contributed by atoms with E-state index < -0.39 is 0 Å². The van der Waals surface area contributed by atoms with E-state index in [4.69, 9.17) is 16.3 Å². The zero-order chi connectivity index (χ0) is 19.0. The molecule has 4 rings (SSSR count). The van der Waals surface area contributed by atoms with E-state index in [1.807, 2.05) is 30.3 Å². The van der Waals surface area contributed by atoms with Gasteiger partial charge in [-0.05, 0) is 48.7 Å². The van der Waals surface area contributed by atoms with Crippen LogP contribution in [-0.4, -0.2) is 31.5 Å². The van der Waals surface area contributed by atoms with Crippen molar-refractivity contribution in [3.05, 3.63) is 57.5 Å². The van der Waals surface area contributed by atoms with Crippen LogP contribution >= 0.6 is 27.5 Å². The topological polar surface area (TPSA) is 58.6 Å². The first-order valence-corrected chi connectivity index (χ1v) is 9.89. The zero-order valence-electron chi connectivity index (χ0n) is 14.5. The monoisotopic (exact) mass is 448 g/mol. The lowest BCUT2D eigenvalue weighted by Crippen LogP contribution is -2.46. The number of hydrogen-bond acceptors (Lipinski definition) is 3. The van der Waals surface area contributed by atoms with Gasteiger partial charge in [0, 0.05) is 21.5 Å². The summed E-state index contributed by atoms with van der Waals surface area (Å²) in [6.45, 7) is 0.470. The molecule has 1 heterocycles. The number of halogens is 2. The molecule has 2 aliphatic rings. The second-order valence-corrected chi connectivity index (χ2v) is 8.30. The second kappa shape index (κ2) is 7.17. The second-order valence-electron chi connectivity index (χ2n) is 6.94. The lowest BCUT2D eigenvalue weighted by molar-refractivity contribution is -0.125. The Kier molecular flexibility index (Phi) is 4.86. The van der Waals surface area contributed by atoms with Crippen molar-refractivity contribution in [3.63, 3.8) is 0 Å². The van der Waals surface area contributed by atoms with Crippen LogP contribution in [0, 0.1) is 0 Å². The fraction of sp³-hybridized carbons (Fsp3) is 0.300. The normalized spacial score (nSPS) is 17.1. The third-order valence-corrected chi connectivity index (χ3v) is 5.85. The number of fused-ring (bicyclic) bond motifs is 1. The molecule has 1 aliphatic heterocycles. The van der Waals surface area contributed by atoms with Crippen LogP contribution in [0.25, 0.3) is 0 Å².